The Labute approximate surface area is 275 Å². The monoisotopic (exact) mass is 649 g/mol. The van der Waals surface area contributed by atoms with E-state index in [1.807, 2.05) is 13.8 Å². The van der Waals surface area contributed by atoms with E-state index in [1.165, 1.54) is 16.2 Å². The van der Waals surface area contributed by atoms with Crippen LogP contribution in [0.3, 0.4) is 0 Å². The van der Waals surface area contributed by atoms with Crippen LogP contribution in [-0.4, -0.2) is 102 Å². The van der Waals surface area contributed by atoms with Crippen LogP contribution in [0.25, 0.3) is 0 Å². The van der Waals surface area contributed by atoms with Crippen molar-refractivity contribution in [2.75, 3.05) is 32.8 Å². The fourth-order valence-corrected chi connectivity index (χ4v) is 6.76. The Kier molecular flexibility index (Phi) is 16.1. The molecule has 262 valence electrons. The number of carboxylic acids is 1. The number of nitrogens with zero attached hydrogens (tertiary/aromatic N) is 2. The molecule has 3 rings (SSSR count). The summed E-state index contributed by atoms with van der Waals surface area (Å²) >= 11 is 0. The number of nitrogens with one attached hydrogen (secondary N) is 3. The molecule has 3 fully saturated rings. The van der Waals surface area contributed by atoms with Gasteiger partial charge in [-0.15, -0.1) is 0 Å². The molecule has 46 heavy (non-hydrogen) atoms. The van der Waals surface area contributed by atoms with E-state index in [4.69, 9.17) is 4.74 Å². The number of carboxylic acid groups (broad SMARTS) is 1. The van der Waals surface area contributed by atoms with Crippen LogP contribution < -0.4 is 16.0 Å². The topological polar surface area (TPSA) is 157 Å². The quantitative estimate of drug-likeness (QED) is 0.198. The molecule has 0 aromatic carbocycles. The van der Waals surface area contributed by atoms with Gasteiger partial charge < -0.3 is 35.6 Å². The summed E-state index contributed by atoms with van der Waals surface area (Å²) in [7, 11) is 0. The third-order valence-electron chi connectivity index (χ3n) is 9.79. The van der Waals surface area contributed by atoms with Crippen LogP contribution >= 0.6 is 0 Å². The predicted molar refractivity (Wildman–Crippen MR) is 175 cm³/mol. The van der Waals surface area contributed by atoms with E-state index < -0.39 is 17.8 Å². The second-order valence-electron chi connectivity index (χ2n) is 14.1. The molecule has 0 radical (unpaired) electrons. The lowest BCUT2D eigenvalue weighted by Gasteiger charge is -2.33. The first-order valence-corrected chi connectivity index (χ1v) is 17.8. The summed E-state index contributed by atoms with van der Waals surface area (Å²) in [6.07, 6.45) is 13.0. The molecule has 3 saturated carbocycles. The standard InChI is InChI=1S/C34H59N5O7/c1-24(2)17-19-38(31(41)22-39(20-18-33(43)44)32(42)23-46-28-10-5-4-6-11-28)21-30(40)35-26-13-15-27(16-14-26)36-34(45)37-29-12-8-7-9-25(29)3/h24-29H,4-23H2,1-3H3,(H,35,40)(H,43,44)(H2,36,37,45). The van der Waals surface area contributed by atoms with Gasteiger partial charge in [0.25, 0.3) is 0 Å². The van der Waals surface area contributed by atoms with Crippen molar-refractivity contribution in [1.29, 1.82) is 0 Å². The average molecular weight is 650 g/mol. The maximum Gasteiger partial charge on any atom is 0.315 e. The minimum atomic E-state index is -1.06. The maximum atomic E-state index is 13.5. The first kappa shape index (κ1) is 37.6. The Hall–Kier alpha value is -2.89. The van der Waals surface area contributed by atoms with Gasteiger partial charge in [0.05, 0.1) is 25.6 Å². The molecule has 12 nitrogen and oxygen atoms in total. The van der Waals surface area contributed by atoms with E-state index in [0.717, 1.165) is 77.0 Å². The number of hydrogen-bond donors (Lipinski definition) is 4. The van der Waals surface area contributed by atoms with Crippen LogP contribution in [0.1, 0.15) is 117 Å². The van der Waals surface area contributed by atoms with Crippen LogP contribution in [0, 0.1) is 11.8 Å². The van der Waals surface area contributed by atoms with Crippen LogP contribution in [-0.2, 0) is 23.9 Å². The summed E-state index contributed by atoms with van der Waals surface area (Å²) in [4.78, 5) is 66.3. The predicted octanol–water partition coefficient (Wildman–Crippen LogP) is 3.82. The van der Waals surface area contributed by atoms with E-state index in [9.17, 15) is 29.1 Å². The summed E-state index contributed by atoms with van der Waals surface area (Å²) in [5.41, 5.74) is 0. The number of carbonyl (C=O) groups excluding carboxylic acids is 4. The fourth-order valence-electron chi connectivity index (χ4n) is 6.76. The van der Waals surface area contributed by atoms with Gasteiger partial charge in [-0.2, -0.15) is 0 Å². The Morgan fingerprint density at radius 1 is 0.739 bits per heavy atom. The minimum Gasteiger partial charge on any atom is -0.481 e. The first-order valence-electron chi connectivity index (χ1n) is 17.8. The van der Waals surface area contributed by atoms with E-state index in [1.54, 1.807) is 0 Å². The molecule has 5 amide bonds. The molecule has 0 bridgehead atoms. The number of urea groups is 1. The second-order valence-corrected chi connectivity index (χ2v) is 14.1. The molecule has 2 atom stereocenters. The minimum absolute atomic E-state index is 0.00864. The van der Waals surface area contributed by atoms with E-state index in [0.29, 0.717) is 24.8 Å². The van der Waals surface area contributed by atoms with Gasteiger partial charge in [0.2, 0.25) is 17.7 Å². The molecule has 0 saturated heterocycles. The van der Waals surface area contributed by atoms with Gasteiger partial charge in [-0.3, -0.25) is 19.2 Å². The largest absolute Gasteiger partial charge is 0.481 e. The Morgan fingerprint density at radius 3 is 1.98 bits per heavy atom. The lowest BCUT2D eigenvalue weighted by molar-refractivity contribution is -0.147. The summed E-state index contributed by atoms with van der Waals surface area (Å²) in [5, 5.41) is 18.6. The molecule has 3 aliphatic rings. The molecule has 0 spiro atoms. The van der Waals surface area contributed by atoms with Crippen molar-refractivity contribution in [1.82, 2.24) is 25.8 Å². The maximum absolute atomic E-state index is 13.5. The molecule has 0 aliphatic heterocycles. The van der Waals surface area contributed by atoms with Crippen molar-refractivity contribution in [2.45, 2.75) is 141 Å². The summed E-state index contributed by atoms with van der Waals surface area (Å²) in [5.74, 6) is -1.33. The highest BCUT2D eigenvalue weighted by atomic mass is 16.5. The molecular formula is C34H59N5O7. The summed E-state index contributed by atoms with van der Waals surface area (Å²) < 4.78 is 5.82. The van der Waals surface area contributed by atoms with Crippen LogP contribution in [0.15, 0.2) is 0 Å². The van der Waals surface area contributed by atoms with Gasteiger partial charge in [-0.05, 0) is 69.6 Å². The highest BCUT2D eigenvalue weighted by Crippen LogP contribution is 2.24. The van der Waals surface area contributed by atoms with Crippen molar-refractivity contribution < 1.29 is 33.8 Å². The molecule has 0 aromatic rings. The molecule has 4 N–H and O–H groups in total. The summed E-state index contributed by atoms with van der Waals surface area (Å²) in [6.45, 7) is 5.89. The molecular weight excluding hydrogens is 590 g/mol. The summed E-state index contributed by atoms with van der Waals surface area (Å²) in [6, 6.07) is 0.136. The normalized spacial score (nSPS) is 23.7. The molecule has 0 heterocycles. The zero-order chi connectivity index (χ0) is 33.5. The van der Waals surface area contributed by atoms with E-state index in [-0.39, 0.29) is 68.8 Å². The van der Waals surface area contributed by atoms with Crippen molar-refractivity contribution in [3.63, 3.8) is 0 Å². The first-order chi connectivity index (χ1) is 22.0. The second kappa shape index (κ2) is 19.7. The van der Waals surface area contributed by atoms with Gasteiger partial charge in [0.15, 0.2) is 0 Å². The Bertz CT molecular complexity index is 994. The zero-order valence-corrected chi connectivity index (χ0v) is 28.4. The average Bonchev–Trinajstić information content (AvgIpc) is 3.02. The van der Waals surface area contributed by atoms with Crippen molar-refractivity contribution in [3.8, 4) is 0 Å². The highest BCUT2D eigenvalue weighted by molar-refractivity contribution is 5.89. The Morgan fingerprint density at radius 2 is 1.35 bits per heavy atom. The number of carbonyl (C=O) groups is 5. The van der Waals surface area contributed by atoms with E-state index in [2.05, 4.69) is 22.9 Å². The van der Waals surface area contributed by atoms with Gasteiger partial charge in [0.1, 0.15) is 6.61 Å². The smallest absolute Gasteiger partial charge is 0.315 e. The molecule has 12 heteroatoms. The lowest BCUT2D eigenvalue weighted by Crippen LogP contribution is -2.52. The Balaban J connectivity index is 1.48. The number of amides is 5. The van der Waals surface area contributed by atoms with Crippen LogP contribution in [0.2, 0.25) is 0 Å². The number of rotatable bonds is 16. The van der Waals surface area contributed by atoms with Crippen molar-refractivity contribution in [2.24, 2.45) is 11.8 Å². The van der Waals surface area contributed by atoms with Crippen LogP contribution in [0.4, 0.5) is 4.79 Å². The van der Waals surface area contributed by atoms with Crippen molar-refractivity contribution >= 4 is 29.7 Å². The van der Waals surface area contributed by atoms with Gasteiger partial charge >= 0.3 is 12.0 Å². The zero-order valence-electron chi connectivity index (χ0n) is 28.4. The van der Waals surface area contributed by atoms with Crippen molar-refractivity contribution in [3.05, 3.63) is 0 Å². The number of aliphatic carboxylic acids is 1. The van der Waals surface area contributed by atoms with E-state index >= 15 is 0 Å². The fraction of sp³-hybridized carbons (Fsp3) is 0.853. The highest BCUT2D eigenvalue weighted by Gasteiger charge is 2.29. The third-order valence-corrected chi connectivity index (χ3v) is 9.79. The molecule has 0 aromatic heterocycles. The molecule has 2 unspecified atom stereocenters. The van der Waals surface area contributed by atoms with Gasteiger partial charge in [-0.25, -0.2) is 4.79 Å². The molecule has 3 aliphatic carbocycles. The number of hydrogen-bond acceptors (Lipinski definition) is 6. The third kappa shape index (κ3) is 13.8. The van der Waals surface area contributed by atoms with Gasteiger partial charge in [0, 0.05) is 31.2 Å². The SMILES string of the molecule is CC(C)CCN(CC(=O)NC1CCC(NC(=O)NC2CCCCC2C)CC1)C(=O)CN(CCC(=O)O)C(=O)COC1CCCCC1. The lowest BCUT2D eigenvalue weighted by atomic mass is 9.86. The van der Waals surface area contributed by atoms with Crippen LogP contribution in [0.5, 0.6) is 0 Å². The number of ether oxygens (including phenoxy) is 1. The van der Waals surface area contributed by atoms with Gasteiger partial charge in [-0.1, -0.05) is 52.9 Å².